The van der Waals surface area contributed by atoms with E-state index < -0.39 is 0 Å². The van der Waals surface area contributed by atoms with Crippen molar-refractivity contribution in [3.63, 3.8) is 0 Å². The van der Waals surface area contributed by atoms with Crippen molar-refractivity contribution in [2.45, 2.75) is 44.7 Å². The predicted octanol–water partition coefficient (Wildman–Crippen LogP) is 2.96. The Bertz CT molecular complexity index is 819. The molecule has 5 nitrogen and oxygen atoms in total. The van der Waals surface area contributed by atoms with Crippen LogP contribution >= 0.6 is 0 Å². The Morgan fingerprint density at radius 1 is 1.11 bits per heavy atom. The average Bonchev–Trinajstić information content (AvgIpc) is 2.74. The lowest BCUT2D eigenvalue weighted by molar-refractivity contribution is -0.921. The molecule has 2 aromatic carbocycles. The van der Waals surface area contributed by atoms with E-state index >= 15 is 0 Å². The number of anilines is 2. The molecular formula is C23H29N4O+. The zero-order chi connectivity index (χ0) is 19.8. The number of para-hydroxylation sites is 1. The van der Waals surface area contributed by atoms with Crippen molar-refractivity contribution in [3.8, 4) is 6.07 Å². The van der Waals surface area contributed by atoms with Gasteiger partial charge in [0.15, 0.2) is 0 Å². The van der Waals surface area contributed by atoms with Gasteiger partial charge in [-0.05, 0) is 56.0 Å². The lowest BCUT2D eigenvalue weighted by Crippen LogP contribution is -3.11. The number of nitriles is 1. The molecule has 0 radical (unpaired) electrons. The Labute approximate surface area is 167 Å². The van der Waals surface area contributed by atoms with E-state index in [1.807, 2.05) is 12.1 Å². The largest absolute Gasteiger partial charge is 0.376 e. The maximum absolute atomic E-state index is 12.3. The molecule has 5 heteroatoms. The van der Waals surface area contributed by atoms with Crippen LogP contribution in [0.2, 0.25) is 0 Å². The third-order valence-electron chi connectivity index (χ3n) is 5.53. The topological polar surface area (TPSA) is 69.4 Å². The van der Waals surface area contributed by atoms with Gasteiger partial charge in [0.2, 0.25) is 5.91 Å². The lowest BCUT2D eigenvalue weighted by Gasteiger charge is -2.28. The molecule has 1 unspecified atom stereocenters. The van der Waals surface area contributed by atoms with Crippen LogP contribution in [0.25, 0.3) is 0 Å². The maximum atomic E-state index is 12.3. The minimum Gasteiger partial charge on any atom is -0.376 e. The number of nitrogens with one attached hydrogen (secondary N) is 3. The fourth-order valence-corrected chi connectivity index (χ4v) is 3.90. The summed E-state index contributed by atoms with van der Waals surface area (Å²) < 4.78 is 0. The van der Waals surface area contributed by atoms with E-state index in [2.05, 4.69) is 35.9 Å². The molecule has 146 valence electrons. The number of carbonyl (C=O) groups is 1. The molecule has 1 amide bonds. The van der Waals surface area contributed by atoms with Crippen LogP contribution in [0.3, 0.4) is 0 Å². The Morgan fingerprint density at radius 2 is 1.82 bits per heavy atom. The van der Waals surface area contributed by atoms with Gasteiger partial charge in [0.05, 0.1) is 31.3 Å². The number of nitrogens with zero attached hydrogens (tertiary/aromatic N) is 1. The van der Waals surface area contributed by atoms with Crippen molar-refractivity contribution in [3.05, 3.63) is 59.7 Å². The normalized spacial score (nSPS) is 15.4. The van der Waals surface area contributed by atoms with Crippen LogP contribution in [-0.4, -0.2) is 25.5 Å². The Balaban J connectivity index is 1.55. The summed E-state index contributed by atoms with van der Waals surface area (Å²) in [7, 11) is 2.28. The van der Waals surface area contributed by atoms with Crippen molar-refractivity contribution in [1.82, 2.24) is 0 Å². The highest BCUT2D eigenvalue weighted by Gasteiger charge is 2.22. The molecule has 1 atom stereocenters. The van der Waals surface area contributed by atoms with Gasteiger partial charge in [-0.2, -0.15) is 5.26 Å². The van der Waals surface area contributed by atoms with E-state index in [4.69, 9.17) is 5.26 Å². The summed E-state index contributed by atoms with van der Waals surface area (Å²) in [6.45, 7) is 1.17. The first-order valence-corrected chi connectivity index (χ1v) is 10.1. The molecule has 0 saturated heterocycles. The smallest absolute Gasteiger partial charge is 0.243 e. The van der Waals surface area contributed by atoms with E-state index in [-0.39, 0.29) is 12.5 Å². The highest BCUT2D eigenvalue weighted by atomic mass is 16.1. The van der Waals surface area contributed by atoms with Crippen LogP contribution in [0, 0.1) is 11.3 Å². The summed E-state index contributed by atoms with van der Waals surface area (Å²) >= 11 is 0. The van der Waals surface area contributed by atoms with Crippen LogP contribution in [0.1, 0.15) is 43.2 Å². The average molecular weight is 378 g/mol. The highest BCUT2D eigenvalue weighted by molar-refractivity contribution is 5.93. The van der Waals surface area contributed by atoms with Crippen LogP contribution < -0.4 is 15.5 Å². The fourth-order valence-electron chi connectivity index (χ4n) is 3.90. The Hall–Kier alpha value is -2.84. The molecule has 1 aliphatic rings. The van der Waals surface area contributed by atoms with Crippen LogP contribution in [0.4, 0.5) is 11.4 Å². The number of hydrogen-bond acceptors (Lipinski definition) is 3. The number of rotatable bonds is 7. The number of amides is 1. The van der Waals surface area contributed by atoms with Gasteiger partial charge in [-0.1, -0.05) is 24.6 Å². The van der Waals surface area contributed by atoms with Crippen LogP contribution in [0.5, 0.6) is 0 Å². The van der Waals surface area contributed by atoms with Crippen molar-refractivity contribution in [1.29, 1.82) is 5.26 Å². The van der Waals surface area contributed by atoms with Gasteiger partial charge < -0.3 is 15.5 Å². The molecule has 0 aromatic heterocycles. The summed E-state index contributed by atoms with van der Waals surface area (Å²) in [6.07, 6.45) is 6.69. The van der Waals surface area contributed by atoms with Gasteiger partial charge in [0.1, 0.15) is 6.54 Å². The summed E-state index contributed by atoms with van der Waals surface area (Å²) in [5.41, 5.74) is 3.54. The number of hydrogen-bond donors (Lipinski definition) is 3. The van der Waals surface area contributed by atoms with Gasteiger partial charge in [-0.25, -0.2) is 0 Å². The second kappa shape index (κ2) is 9.91. The summed E-state index contributed by atoms with van der Waals surface area (Å²) in [4.78, 5) is 13.8. The molecular weight excluding hydrogens is 348 g/mol. The quantitative estimate of drug-likeness (QED) is 0.695. The van der Waals surface area contributed by atoms with E-state index in [0.29, 0.717) is 11.3 Å². The van der Waals surface area contributed by atoms with Crippen molar-refractivity contribution < 1.29 is 9.69 Å². The van der Waals surface area contributed by atoms with Gasteiger partial charge in [-0.15, -0.1) is 0 Å². The van der Waals surface area contributed by atoms with Crippen LogP contribution in [0.15, 0.2) is 48.5 Å². The molecule has 1 saturated carbocycles. The van der Waals surface area contributed by atoms with E-state index in [0.717, 1.165) is 18.3 Å². The molecule has 28 heavy (non-hydrogen) atoms. The maximum Gasteiger partial charge on any atom is 0.243 e. The minimum absolute atomic E-state index is 0.104. The highest BCUT2D eigenvalue weighted by Crippen LogP contribution is 2.17. The number of quaternary nitrogens is 1. The molecule has 0 heterocycles. The Morgan fingerprint density at radius 3 is 2.54 bits per heavy atom. The second-order valence-corrected chi connectivity index (χ2v) is 7.61. The number of carbonyl (C=O) groups excluding carboxylic acids is 1. The third kappa shape index (κ3) is 5.58. The first-order chi connectivity index (χ1) is 13.7. The van der Waals surface area contributed by atoms with E-state index in [1.54, 1.807) is 29.2 Å². The minimum atomic E-state index is -0.104. The lowest BCUT2D eigenvalue weighted by atomic mass is 9.94. The first kappa shape index (κ1) is 19.9. The van der Waals surface area contributed by atoms with Crippen molar-refractivity contribution in [2.75, 3.05) is 24.2 Å². The molecule has 0 aliphatic heterocycles. The Kier molecular flexibility index (Phi) is 7.05. The van der Waals surface area contributed by atoms with Crippen molar-refractivity contribution in [2.24, 2.45) is 0 Å². The fraction of sp³-hybridized carbons (Fsp3) is 0.391. The molecule has 1 aliphatic carbocycles. The molecule has 1 fully saturated rings. The van der Waals surface area contributed by atoms with Gasteiger partial charge in [0.25, 0.3) is 0 Å². The second-order valence-electron chi connectivity index (χ2n) is 7.61. The van der Waals surface area contributed by atoms with Gasteiger partial charge in [0, 0.05) is 16.9 Å². The first-order valence-electron chi connectivity index (χ1n) is 10.1. The monoisotopic (exact) mass is 377 g/mol. The molecule has 0 bridgehead atoms. The molecule has 2 aromatic rings. The molecule has 3 rings (SSSR count). The zero-order valence-corrected chi connectivity index (χ0v) is 16.5. The van der Waals surface area contributed by atoms with Crippen molar-refractivity contribution >= 4 is 17.3 Å². The van der Waals surface area contributed by atoms with E-state index in [1.165, 1.54) is 37.7 Å². The summed E-state index contributed by atoms with van der Waals surface area (Å²) in [5.74, 6) is -0.104. The predicted molar refractivity (Wildman–Crippen MR) is 112 cm³/mol. The van der Waals surface area contributed by atoms with Crippen LogP contribution in [-0.2, 0) is 11.3 Å². The standard InChI is InChI=1S/C23H28N4O/c1-27(21-8-3-2-4-9-21)17-19-7-5-6-10-22(19)25-16-23(28)26-20-13-11-18(15-24)12-14-20/h5-7,10-14,21,25H,2-4,8-9,16-17H2,1H3,(H,26,28)/p+1. The third-order valence-corrected chi connectivity index (χ3v) is 5.53. The van der Waals surface area contributed by atoms with E-state index in [9.17, 15) is 4.79 Å². The number of benzene rings is 2. The summed E-state index contributed by atoms with van der Waals surface area (Å²) in [6, 6.07) is 17.9. The zero-order valence-electron chi connectivity index (χ0n) is 16.5. The van der Waals surface area contributed by atoms with Gasteiger partial charge >= 0.3 is 0 Å². The molecule has 0 spiro atoms. The summed E-state index contributed by atoms with van der Waals surface area (Å²) in [5, 5.41) is 15.0. The SMILES string of the molecule is C[NH+](Cc1ccccc1NCC(=O)Nc1ccc(C#N)cc1)C1CCCCC1. The van der Waals surface area contributed by atoms with Gasteiger partial charge in [-0.3, -0.25) is 4.79 Å². The molecule has 3 N–H and O–H groups in total.